The molecule has 116 valence electrons. The van der Waals surface area contributed by atoms with Crippen LogP contribution in [0.3, 0.4) is 0 Å². The van der Waals surface area contributed by atoms with E-state index in [9.17, 15) is 14.3 Å². The molecule has 0 saturated carbocycles. The maximum atomic E-state index is 12.9. The third kappa shape index (κ3) is 3.10. The molecule has 0 bridgehead atoms. The highest BCUT2D eigenvalue weighted by atomic mass is 19.1. The Morgan fingerprint density at radius 3 is 2.86 bits per heavy atom. The van der Waals surface area contributed by atoms with E-state index < -0.39 is 6.09 Å². The molecule has 0 radical (unpaired) electrons. The van der Waals surface area contributed by atoms with Crippen LogP contribution in [0.5, 0.6) is 0 Å². The lowest BCUT2D eigenvalue weighted by Crippen LogP contribution is -2.44. The molecule has 0 aliphatic carbocycles. The maximum absolute atomic E-state index is 12.9. The summed E-state index contributed by atoms with van der Waals surface area (Å²) >= 11 is 0. The van der Waals surface area contributed by atoms with Crippen LogP contribution in [0.15, 0.2) is 30.5 Å². The van der Waals surface area contributed by atoms with Crippen molar-refractivity contribution in [1.82, 2.24) is 14.9 Å². The highest BCUT2D eigenvalue weighted by molar-refractivity contribution is 5.65. The van der Waals surface area contributed by atoms with Crippen LogP contribution in [0.4, 0.5) is 9.18 Å². The molecule has 1 aliphatic heterocycles. The van der Waals surface area contributed by atoms with Crippen molar-refractivity contribution in [3.8, 4) is 11.3 Å². The SMILES string of the molecule is O=C(O)N1CCCC[C@H]1Cc1ncc(-c2ccc(F)cc2)[nH]1. The third-order valence-electron chi connectivity index (χ3n) is 4.09. The lowest BCUT2D eigenvalue weighted by atomic mass is 10.00. The van der Waals surface area contributed by atoms with Gasteiger partial charge in [-0.3, -0.25) is 0 Å². The predicted molar refractivity (Wildman–Crippen MR) is 80.1 cm³/mol. The summed E-state index contributed by atoms with van der Waals surface area (Å²) in [5, 5.41) is 9.26. The van der Waals surface area contributed by atoms with E-state index >= 15 is 0 Å². The van der Waals surface area contributed by atoms with E-state index in [1.165, 1.54) is 17.0 Å². The number of carboxylic acid groups (broad SMARTS) is 1. The fourth-order valence-corrected chi connectivity index (χ4v) is 2.93. The Morgan fingerprint density at radius 2 is 2.14 bits per heavy atom. The van der Waals surface area contributed by atoms with Gasteiger partial charge in [-0.05, 0) is 49.1 Å². The second kappa shape index (κ2) is 6.17. The lowest BCUT2D eigenvalue weighted by molar-refractivity contribution is 0.106. The van der Waals surface area contributed by atoms with E-state index in [1.54, 1.807) is 18.3 Å². The van der Waals surface area contributed by atoms with Gasteiger partial charge in [0, 0.05) is 19.0 Å². The predicted octanol–water partition coefficient (Wildman–Crippen LogP) is 3.29. The smallest absolute Gasteiger partial charge is 0.407 e. The summed E-state index contributed by atoms with van der Waals surface area (Å²) in [4.78, 5) is 20.3. The highest BCUT2D eigenvalue weighted by Gasteiger charge is 2.27. The number of benzene rings is 1. The molecular formula is C16H18FN3O2. The van der Waals surface area contributed by atoms with Gasteiger partial charge in [0.25, 0.3) is 0 Å². The minimum Gasteiger partial charge on any atom is -0.465 e. The Balaban J connectivity index is 1.73. The molecule has 6 heteroatoms. The number of amides is 1. The average Bonchev–Trinajstić information content (AvgIpc) is 2.97. The highest BCUT2D eigenvalue weighted by Crippen LogP contribution is 2.22. The molecule has 1 atom stereocenters. The van der Waals surface area contributed by atoms with Crippen LogP contribution in [0.2, 0.25) is 0 Å². The van der Waals surface area contributed by atoms with Gasteiger partial charge in [-0.25, -0.2) is 14.2 Å². The summed E-state index contributed by atoms with van der Waals surface area (Å²) in [5.74, 6) is 0.486. The van der Waals surface area contributed by atoms with Crippen molar-refractivity contribution in [2.24, 2.45) is 0 Å². The number of H-pyrrole nitrogens is 1. The molecule has 0 spiro atoms. The van der Waals surface area contributed by atoms with Crippen LogP contribution in [0.1, 0.15) is 25.1 Å². The first kappa shape index (κ1) is 14.6. The number of halogens is 1. The number of carbonyl (C=O) groups is 1. The van der Waals surface area contributed by atoms with E-state index in [2.05, 4.69) is 9.97 Å². The van der Waals surface area contributed by atoms with Crippen molar-refractivity contribution in [2.45, 2.75) is 31.7 Å². The molecule has 5 nitrogen and oxygen atoms in total. The minimum atomic E-state index is -0.866. The zero-order chi connectivity index (χ0) is 15.5. The molecule has 2 aromatic rings. The Labute approximate surface area is 127 Å². The molecule has 1 saturated heterocycles. The molecule has 1 amide bonds. The fourth-order valence-electron chi connectivity index (χ4n) is 2.93. The van der Waals surface area contributed by atoms with Crippen LogP contribution < -0.4 is 0 Å². The summed E-state index contributed by atoms with van der Waals surface area (Å²) in [6, 6.07) is 6.17. The molecule has 22 heavy (non-hydrogen) atoms. The first-order valence-electron chi connectivity index (χ1n) is 7.43. The zero-order valence-corrected chi connectivity index (χ0v) is 12.1. The normalized spacial score (nSPS) is 18.4. The van der Waals surface area contributed by atoms with Crippen molar-refractivity contribution in [1.29, 1.82) is 0 Å². The van der Waals surface area contributed by atoms with Gasteiger partial charge < -0.3 is 15.0 Å². The van der Waals surface area contributed by atoms with Gasteiger partial charge in [0.05, 0.1) is 11.9 Å². The second-order valence-electron chi connectivity index (χ2n) is 5.58. The molecule has 2 N–H and O–H groups in total. The first-order chi connectivity index (χ1) is 10.6. The zero-order valence-electron chi connectivity index (χ0n) is 12.1. The quantitative estimate of drug-likeness (QED) is 0.914. The number of imidazole rings is 1. The van der Waals surface area contributed by atoms with Crippen LogP contribution in [-0.2, 0) is 6.42 Å². The number of piperidine rings is 1. The summed E-state index contributed by atoms with van der Waals surface area (Å²) < 4.78 is 12.9. The van der Waals surface area contributed by atoms with Crippen LogP contribution in [0.25, 0.3) is 11.3 Å². The molecule has 1 aromatic carbocycles. The van der Waals surface area contributed by atoms with Gasteiger partial charge in [0.2, 0.25) is 0 Å². The van der Waals surface area contributed by atoms with Crippen molar-refractivity contribution >= 4 is 6.09 Å². The number of aromatic amines is 1. The van der Waals surface area contributed by atoms with Gasteiger partial charge in [0.1, 0.15) is 11.6 Å². The number of nitrogens with one attached hydrogen (secondary N) is 1. The van der Waals surface area contributed by atoms with E-state index in [-0.39, 0.29) is 11.9 Å². The molecule has 0 unspecified atom stereocenters. The number of hydrogen-bond donors (Lipinski definition) is 2. The van der Waals surface area contributed by atoms with E-state index in [0.29, 0.717) is 13.0 Å². The Bertz CT molecular complexity index is 654. The standard InChI is InChI=1S/C16H18FN3O2/c17-12-6-4-11(5-7-12)14-10-18-15(19-14)9-13-3-1-2-8-20(13)16(21)22/h4-7,10,13H,1-3,8-9H2,(H,18,19)(H,21,22)/t13-/m0/s1. The summed E-state index contributed by atoms with van der Waals surface area (Å²) in [6.45, 7) is 0.589. The Kier molecular flexibility index (Phi) is 4.09. The number of likely N-dealkylation sites (tertiary alicyclic amines) is 1. The maximum Gasteiger partial charge on any atom is 0.407 e. The Hall–Kier alpha value is -2.37. The summed E-state index contributed by atoms with van der Waals surface area (Å²) in [5.41, 5.74) is 1.67. The summed E-state index contributed by atoms with van der Waals surface area (Å²) in [6.07, 6.45) is 4.24. The molecule has 3 rings (SSSR count). The molecule has 1 aromatic heterocycles. The Morgan fingerprint density at radius 1 is 1.36 bits per heavy atom. The number of rotatable bonds is 3. The van der Waals surface area contributed by atoms with Crippen molar-refractivity contribution in [3.63, 3.8) is 0 Å². The number of hydrogen-bond acceptors (Lipinski definition) is 2. The van der Waals surface area contributed by atoms with E-state index in [4.69, 9.17) is 0 Å². The van der Waals surface area contributed by atoms with E-state index in [0.717, 1.165) is 36.3 Å². The number of nitrogens with zero attached hydrogens (tertiary/aromatic N) is 2. The minimum absolute atomic E-state index is 0.0292. The third-order valence-corrected chi connectivity index (χ3v) is 4.09. The first-order valence-corrected chi connectivity index (χ1v) is 7.43. The van der Waals surface area contributed by atoms with Gasteiger partial charge in [-0.2, -0.15) is 0 Å². The van der Waals surface area contributed by atoms with E-state index in [1.807, 2.05) is 0 Å². The van der Waals surface area contributed by atoms with Crippen molar-refractivity contribution in [3.05, 3.63) is 42.1 Å². The van der Waals surface area contributed by atoms with Gasteiger partial charge in [0.15, 0.2) is 0 Å². The molecule has 1 fully saturated rings. The average molecular weight is 303 g/mol. The topological polar surface area (TPSA) is 69.2 Å². The van der Waals surface area contributed by atoms with Crippen LogP contribution in [0, 0.1) is 5.82 Å². The van der Waals surface area contributed by atoms with Crippen LogP contribution >= 0.6 is 0 Å². The molecule has 1 aliphatic rings. The van der Waals surface area contributed by atoms with Gasteiger partial charge >= 0.3 is 6.09 Å². The van der Waals surface area contributed by atoms with Crippen molar-refractivity contribution < 1.29 is 14.3 Å². The second-order valence-corrected chi connectivity index (χ2v) is 5.58. The van der Waals surface area contributed by atoms with Crippen molar-refractivity contribution in [2.75, 3.05) is 6.54 Å². The largest absolute Gasteiger partial charge is 0.465 e. The van der Waals surface area contributed by atoms with Gasteiger partial charge in [-0.1, -0.05) is 0 Å². The lowest BCUT2D eigenvalue weighted by Gasteiger charge is -2.33. The van der Waals surface area contributed by atoms with Gasteiger partial charge in [-0.15, -0.1) is 0 Å². The number of aromatic nitrogens is 2. The molecule has 2 heterocycles. The summed E-state index contributed by atoms with van der Waals surface area (Å²) in [7, 11) is 0. The molecular weight excluding hydrogens is 285 g/mol. The van der Waals surface area contributed by atoms with Crippen LogP contribution in [-0.4, -0.2) is 38.7 Å². The fraction of sp³-hybridized carbons (Fsp3) is 0.375. The monoisotopic (exact) mass is 303 g/mol.